The molecule has 0 saturated heterocycles. The molecular formula is C17H30N2O3S. The molecule has 132 valence electrons. The van der Waals surface area contributed by atoms with Crippen molar-refractivity contribution >= 4 is 10.0 Å². The lowest BCUT2D eigenvalue weighted by molar-refractivity contribution is 0.162. The molecule has 1 fully saturated rings. The van der Waals surface area contributed by atoms with Gasteiger partial charge in [0.15, 0.2) is 0 Å². The maximum absolute atomic E-state index is 12.7. The summed E-state index contributed by atoms with van der Waals surface area (Å²) in [7, 11) is -3.33. The molecule has 0 radical (unpaired) electrons. The fraction of sp³-hybridized carbons (Fsp3) is 0.765. The summed E-state index contributed by atoms with van der Waals surface area (Å²) in [6, 6.07) is 0.0984. The van der Waals surface area contributed by atoms with Gasteiger partial charge in [0.25, 0.3) is 0 Å². The van der Waals surface area contributed by atoms with Crippen molar-refractivity contribution in [3.8, 4) is 0 Å². The van der Waals surface area contributed by atoms with Crippen molar-refractivity contribution in [2.75, 3.05) is 6.54 Å². The number of hydrogen-bond donors (Lipinski definition) is 3. The SMILES string of the molecule is CC(CCNO)C1=CC(S(=O)(=O)NC2CCCCCC2)CC=C1. The number of allylic oxidation sites excluding steroid dienone is 3. The molecule has 6 heteroatoms. The number of hydrogen-bond acceptors (Lipinski definition) is 4. The van der Waals surface area contributed by atoms with Crippen LogP contribution in [0.25, 0.3) is 0 Å². The second-order valence-electron chi connectivity index (χ2n) is 6.79. The average Bonchev–Trinajstić information content (AvgIpc) is 2.81. The molecule has 0 aromatic rings. The first kappa shape index (κ1) is 18.6. The van der Waals surface area contributed by atoms with Gasteiger partial charge in [-0.3, -0.25) is 0 Å². The summed E-state index contributed by atoms with van der Waals surface area (Å²) in [5, 5.41) is 8.23. The normalized spacial score (nSPS) is 25.0. The summed E-state index contributed by atoms with van der Waals surface area (Å²) in [4.78, 5) is 0. The Morgan fingerprint density at radius 2 is 1.96 bits per heavy atom. The summed E-state index contributed by atoms with van der Waals surface area (Å²) in [5.41, 5.74) is 3.20. The van der Waals surface area contributed by atoms with Crippen molar-refractivity contribution in [2.24, 2.45) is 5.92 Å². The third-order valence-corrected chi connectivity index (χ3v) is 6.69. The van der Waals surface area contributed by atoms with E-state index in [9.17, 15) is 8.42 Å². The van der Waals surface area contributed by atoms with Crippen LogP contribution < -0.4 is 10.2 Å². The van der Waals surface area contributed by atoms with Gasteiger partial charge in [-0.1, -0.05) is 50.8 Å². The lowest BCUT2D eigenvalue weighted by Gasteiger charge is -2.24. The molecule has 2 aliphatic rings. The zero-order valence-corrected chi connectivity index (χ0v) is 14.8. The highest BCUT2D eigenvalue weighted by Crippen LogP contribution is 2.25. The van der Waals surface area contributed by atoms with Crippen LogP contribution in [0, 0.1) is 5.92 Å². The van der Waals surface area contributed by atoms with E-state index >= 15 is 0 Å². The van der Waals surface area contributed by atoms with Crippen LogP contribution in [-0.4, -0.2) is 31.5 Å². The minimum Gasteiger partial charge on any atom is -0.317 e. The molecule has 0 amide bonds. The molecule has 0 aliphatic heterocycles. The van der Waals surface area contributed by atoms with Crippen LogP contribution >= 0.6 is 0 Å². The molecular weight excluding hydrogens is 312 g/mol. The third-order valence-electron chi connectivity index (χ3n) is 4.90. The van der Waals surface area contributed by atoms with Gasteiger partial charge in [0.1, 0.15) is 0 Å². The van der Waals surface area contributed by atoms with Crippen LogP contribution in [0.5, 0.6) is 0 Å². The van der Waals surface area contributed by atoms with E-state index in [-0.39, 0.29) is 12.0 Å². The fourth-order valence-electron chi connectivity index (χ4n) is 3.39. The standard InChI is InChI=1S/C17H30N2O3S/c1-14(11-12-18-20)15-7-6-10-17(13-15)23(21,22)19-16-8-4-2-3-5-9-16/h6-7,13-14,16-20H,2-5,8-12H2,1H3. The highest BCUT2D eigenvalue weighted by molar-refractivity contribution is 7.90. The van der Waals surface area contributed by atoms with E-state index in [1.165, 1.54) is 12.8 Å². The van der Waals surface area contributed by atoms with Gasteiger partial charge in [0.2, 0.25) is 10.0 Å². The predicted molar refractivity (Wildman–Crippen MR) is 92.7 cm³/mol. The summed E-state index contributed by atoms with van der Waals surface area (Å²) in [5.74, 6) is 0.224. The first-order valence-corrected chi connectivity index (χ1v) is 10.3. The molecule has 2 rings (SSSR count). The average molecular weight is 343 g/mol. The fourth-order valence-corrected chi connectivity index (χ4v) is 4.96. The molecule has 0 bridgehead atoms. The third kappa shape index (κ3) is 5.71. The van der Waals surface area contributed by atoms with E-state index < -0.39 is 15.3 Å². The maximum Gasteiger partial charge on any atom is 0.218 e. The van der Waals surface area contributed by atoms with Crippen LogP contribution in [0.1, 0.15) is 58.3 Å². The Balaban J connectivity index is 2.00. The quantitative estimate of drug-likeness (QED) is 0.491. The molecule has 2 unspecified atom stereocenters. The Hall–Kier alpha value is -0.690. The van der Waals surface area contributed by atoms with Gasteiger partial charge < -0.3 is 5.21 Å². The molecule has 0 aromatic heterocycles. The highest BCUT2D eigenvalue weighted by Gasteiger charge is 2.28. The number of nitrogens with one attached hydrogen (secondary N) is 2. The second kappa shape index (κ2) is 8.97. The lowest BCUT2D eigenvalue weighted by Crippen LogP contribution is -2.40. The van der Waals surface area contributed by atoms with Gasteiger partial charge in [0, 0.05) is 12.6 Å². The molecule has 0 aromatic carbocycles. The monoisotopic (exact) mass is 342 g/mol. The van der Waals surface area contributed by atoms with Crippen molar-refractivity contribution in [3.63, 3.8) is 0 Å². The minimum atomic E-state index is -3.33. The van der Waals surface area contributed by atoms with Crippen molar-refractivity contribution in [3.05, 3.63) is 23.8 Å². The van der Waals surface area contributed by atoms with Crippen molar-refractivity contribution in [1.29, 1.82) is 0 Å². The van der Waals surface area contributed by atoms with Gasteiger partial charge in [-0.25, -0.2) is 18.6 Å². The summed E-state index contributed by atoms with van der Waals surface area (Å²) in [6.45, 7) is 2.56. The van der Waals surface area contributed by atoms with Crippen LogP contribution in [0.15, 0.2) is 23.8 Å². The minimum absolute atomic E-state index is 0.0984. The molecule has 23 heavy (non-hydrogen) atoms. The first-order chi connectivity index (χ1) is 11.0. The van der Waals surface area contributed by atoms with Crippen LogP contribution in [0.4, 0.5) is 0 Å². The molecule has 0 heterocycles. The van der Waals surface area contributed by atoms with Gasteiger partial charge in [0.05, 0.1) is 5.25 Å². The molecule has 5 nitrogen and oxygen atoms in total. The molecule has 2 atom stereocenters. The van der Waals surface area contributed by atoms with Crippen LogP contribution in [0.3, 0.4) is 0 Å². The Kier molecular flexibility index (Phi) is 7.27. The van der Waals surface area contributed by atoms with Crippen molar-refractivity contribution < 1.29 is 13.6 Å². The Labute approximate surface area is 140 Å². The second-order valence-corrected chi connectivity index (χ2v) is 8.72. The number of sulfonamides is 1. The van der Waals surface area contributed by atoms with E-state index in [1.807, 2.05) is 18.2 Å². The highest BCUT2D eigenvalue weighted by atomic mass is 32.2. The predicted octanol–water partition coefficient (Wildman–Crippen LogP) is 2.89. The van der Waals surface area contributed by atoms with Crippen LogP contribution in [0.2, 0.25) is 0 Å². The van der Waals surface area contributed by atoms with E-state index in [4.69, 9.17) is 5.21 Å². The van der Waals surface area contributed by atoms with E-state index in [2.05, 4.69) is 17.1 Å². The zero-order chi connectivity index (χ0) is 16.7. The molecule has 3 N–H and O–H groups in total. The van der Waals surface area contributed by atoms with Gasteiger partial charge in [-0.15, -0.1) is 0 Å². The Morgan fingerprint density at radius 1 is 1.26 bits per heavy atom. The molecule has 0 spiro atoms. The van der Waals surface area contributed by atoms with Gasteiger partial charge >= 0.3 is 0 Å². The summed E-state index contributed by atoms with van der Waals surface area (Å²) in [6.07, 6.45) is 13.7. The zero-order valence-electron chi connectivity index (χ0n) is 14.0. The van der Waals surface area contributed by atoms with Crippen molar-refractivity contribution in [1.82, 2.24) is 10.2 Å². The molecule has 1 saturated carbocycles. The largest absolute Gasteiger partial charge is 0.317 e. The lowest BCUT2D eigenvalue weighted by atomic mass is 9.93. The number of hydroxylamine groups is 1. The van der Waals surface area contributed by atoms with Gasteiger partial charge in [-0.2, -0.15) is 0 Å². The van der Waals surface area contributed by atoms with E-state index in [0.29, 0.717) is 13.0 Å². The first-order valence-electron chi connectivity index (χ1n) is 8.79. The van der Waals surface area contributed by atoms with E-state index in [0.717, 1.165) is 37.7 Å². The van der Waals surface area contributed by atoms with Gasteiger partial charge in [-0.05, 0) is 37.2 Å². The Bertz CT molecular complexity index is 520. The molecule has 2 aliphatic carbocycles. The van der Waals surface area contributed by atoms with Crippen molar-refractivity contribution in [2.45, 2.75) is 69.6 Å². The summed E-state index contributed by atoms with van der Waals surface area (Å²) >= 11 is 0. The number of rotatable bonds is 7. The smallest absolute Gasteiger partial charge is 0.218 e. The Morgan fingerprint density at radius 3 is 2.61 bits per heavy atom. The topological polar surface area (TPSA) is 78.4 Å². The summed E-state index contributed by atoms with van der Waals surface area (Å²) < 4.78 is 28.4. The maximum atomic E-state index is 12.7. The van der Waals surface area contributed by atoms with Crippen LogP contribution in [-0.2, 0) is 10.0 Å². The van der Waals surface area contributed by atoms with E-state index in [1.54, 1.807) is 0 Å².